The molecule has 0 bridgehead atoms. The zero-order valence-electron chi connectivity index (χ0n) is 10.7. The molecule has 2 aromatic carbocycles. The fourth-order valence-electron chi connectivity index (χ4n) is 1.85. The molecule has 0 radical (unpaired) electrons. The summed E-state index contributed by atoms with van der Waals surface area (Å²) >= 11 is 0. The molecular formula is C15H12FNO3. The van der Waals surface area contributed by atoms with E-state index >= 15 is 0 Å². The minimum Gasteiger partial charge on any atom is -0.478 e. The molecule has 0 saturated heterocycles. The number of hydrogen-bond donors (Lipinski definition) is 2. The van der Waals surface area contributed by atoms with Crippen LogP contribution in [-0.4, -0.2) is 17.0 Å². The summed E-state index contributed by atoms with van der Waals surface area (Å²) in [6, 6.07) is 10.2. The summed E-state index contributed by atoms with van der Waals surface area (Å²) in [6.45, 7) is 1.37. The second-order valence-electron chi connectivity index (χ2n) is 4.26. The molecule has 0 atom stereocenters. The molecule has 1 amide bonds. The van der Waals surface area contributed by atoms with Gasteiger partial charge in [-0.2, -0.15) is 0 Å². The van der Waals surface area contributed by atoms with Crippen LogP contribution < -0.4 is 5.32 Å². The van der Waals surface area contributed by atoms with E-state index in [1.54, 1.807) is 24.3 Å². The second-order valence-corrected chi connectivity index (χ2v) is 4.26. The minimum atomic E-state index is -1.12. The molecule has 5 heteroatoms. The highest BCUT2D eigenvalue weighted by Crippen LogP contribution is 2.26. The summed E-state index contributed by atoms with van der Waals surface area (Å²) in [5, 5.41) is 11.5. The highest BCUT2D eigenvalue weighted by Gasteiger charge is 2.10. The first-order chi connectivity index (χ1) is 9.47. The van der Waals surface area contributed by atoms with Crippen LogP contribution in [-0.2, 0) is 4.79 Å². The Hall–Kier alpha value is -2.69. The van der Waals surface area contributed by atoms with Crippen LogP contribution in [0.3, 0.4) is 0 Å². The lowest BCUT2D eigenvalue weighted by Gasteiger charge is -2.08. The summed E-state index contributed by atoms with van der Waals surface area (Å²) in [5.74, 6) is -1.87. The van der Waals surface area contributed by atoms with Crippen LogP contribution in [0.2, 0.25) is 0 Å². The number of anilines is 1. The van der Waals surface area contributed by atoms with Crippen LogP contribution in [0, 0.1) is 5.82 Å². The van der Waals surface area contributed by atoms with Gasteiger partial charge in [-0.05, 0) is 35.9 Å². The van der Waals surface area contributed by atoms with Gasteiger partial charge >= 0.3 is 5.97 Å². The Bertz CT molecular complexity index is 683. The first-order valence-electron chi connectivity index (χ1n) is 5.88. The molecule has 0 unspecified atom stereocenters. The van der Waals surface area contributed by atoms with E-state index in [2.05, 4.69) is 5.32 Å². The van der Waals surface area contributed by atoms with Gasteiger partial charge < -0.3 is 10.4 Å². The standard InChI is InChI=1S/C15H12FNO3/c1-9(18)17-12-4-2-3-10(7-12)13-8-11(15(19)20)5-6-14(13)16/h2-8H,1H3,(H,17,18)(H,19,20). The zero-order valence-corrected chi connectivity index (χ0v) is 10.7. The molecule has 0 aliphatic carbocycles. The summed E-state index contributed by atoms with van der Waals surface area (Å²) in [5.41, 5.74) is 1.20. The van der Waals surface area contributed by atoms with Crippen LogP contribution in [0.1, 0.15) is 17.3 Å². The van der Waals surface area contributed by atoms with E-state index in [-0.39, 0.29) is 17.0 Å². The highest BCUT2D eigenvalue weighted by atomic mass is 19.1. The third-order valence-electron chi connectivity index (χ3n) is 2.71. The molecule has 0 aliphatic heterocycles. The van der Waals surface area contributed by atoms with Crippen LogP contribution >= 0.6 is 0 Å². The van der Waals surface area contributed by atoms with Gasteiger partial charge in [0.1, 0.15) is 5.82 Å². The number of carbonyl (C=O) groups is 2. The van der Waals surface area contributed by atoms with Gasteiger partial charge in [0.25, 0.3) is 0 Å². The molecular weight excluding hydrogens is 261 g/mol. The average molecular weight is 273 g/mol. The van der Waals surface area contributed by atoms with E-state index in [1.807, 2.05) is 0 Å². The molecule has 0 spiro atoms. The lowest BCUT2D eigenvalue weighted by atomic mass is 10.0. The van der Waals surface area contributed by atoms with Crippen LogP contribution in [0.4, 0.5) is 10.1 Å². The molecule has 2 rings (SSSR count). The number of benzene rings is 2. The van der Waals surface area contributed by atoms with Gasteiger partial charge in [-0.1, -0.05) is 12.1 Å². The van der Waals surface area contributed by atoms with Gasteiger partial charge in [-0.3, -0.25) is 4.79 Å². The summed E-state index contributed by atoms with van der Waals surface area (Å²) in [6.07, 6.45) is 0. The number of aromatic carboxylic acids is 1. The quantitative estimate of drug-likeness (QED) is 0.902. The van der Waals surface area contributed by atoms with Crippen molar-refractivity contribution in [3.8, 4) is 11.1 Å². The van der Waals surface area contributed by atoms with Crippen LogP contribution in [0.5, 0.6) is 0 Å². The Kier molecular flexibility index (Phi) is 3.79. The molecule has 4 nitrogen and oxygen atoms in total. The number of carboxylic acids is 1. The predicted molar refractivity (Wildman–Crippen MR) is 73.1 cm³/mol. The van der Waals surface area contributed by atoms with E-state index < -0.39 is 11.8 Å². The number of carboxylic acid groups (broad SMARTS) is 1. The molecule has 0 saturated carbocycles. The summed E-state index contributed by atoms with van der Waals surface area (Å²) in [4.78, 5) is 21.9. The van der Waals surface area contributed by atoms with Crippen molar-refractivity contribution in [2.75, 3.05) is 5.32 Å². The van der Waals surface area contributed by atoms with Gasteiger partial charge in [0.15, 0.2) is 0 Å². The smallest absolute Gasteiger partial charge is 0.335 e. The predicted octanol–water partition coefficient (Wildman–Crippen LogP) is 3.15. The number of carbonyl (C=O) groups excluding carboxylic acids is 1. The lowest BCUT2D eigenvalue weighted by Crippen LogP contribution is -2.05. The molecule has 102 valence electrons. The van der Waals surface area contributed by atoms with Gasteiger partial charge in [0.2, 0.25) is 5.91 Å². The van der Waals surface area contributed by atoms with Crippen molar-refractivity contribution in [1.82, 2.24) is 0 Å². The number of amides is 1. The Morgan fingerprint density at radius 1 is 1.15 bits per heavy atom. The van der Waals surface area contributed by atoms with Gasteiger partial charge in [-0.15, -0.1) is 0 Å². The number of rotatable bonds is 3. The Morgan fingerprint density at radius 3 is 2.55 bits per heavy atom. The van der Waals surface area contributed by atoms with E-state index in [0.29, 0.717) is 11.3 Å². The number of halogens is 1. The topological polar surface area (TPSA) is 66.4 Å². The molecule has 20 heavy (non-hydrogen) atoms. The maximum Gasteiger partial charge on any atom is 0.335 e. The largest absolute Gasteiger partial charge is 0.478 e. The number of nitrogens with one attached hydrogen (secondary N) is 1. The maximum absolute atomic E-state index is 13.8. The van der Waals surface area contributed by atoms with Crippen molar-refractivity contribution in [1.29, 1.82) is 0 Å². The van der Waals surface area contributed by atoms with E-state index in [1.165, 1.54) is 19.1 Å². The average Bonchev–Trinajstić information content (AvgIpc) is 2.38. The Morgan fingerprint density at radius 2 is 1.90 bits per heavy atom. The van der Waals surface area contributed by atoms with Crippen molar-refractivity contribution >= 4 is 17.6 Å². The van der Waals surface area contributed by atoms with E-state index in [4.69, 9.17) is 5.11 Å². The lowest BCUT2D eigenvalue weighted by molar-refractivity contribution is -0.114. The van der Waals surface area contributed by atoms with Crippen molar-refractivity contribution < 1.29 is 19.1 Å². The van der Waals surface area contributed by atoms with Gasteiger partial charge in [-0.25, -0.2) is 9.18 Å². The van der Waals surface area contributed by atoms with E-state index in [9.17, 15) is 14.0 Å². The van der Waals surface area contributed by atoms with E-state index in [0.717, 1.165) is 6.07 Å². The zero-order chi connectivity index (χ0) is 14.7. The van der Waals surface area contributed by atoms with Crippen molar-refractivity contribution in [3.63, 3.8) is 0 Å². The van der Waals surface area contributed by atoms with Crippen LogP contribution in [0.25, 0.3) is 11.1 Å². The highest BCUT2D eigenvalue weighted by molar-refractivity contribution is 5.91. The third kappa shape index (κ3) is 3.00. The number of hydrogen-bond acceptors (Lipinski definition) is 2. The Balaban J connectivity index is 2.47. The monoisotopic (exact) mass is 273 g/mol. The first-order valence-corrected chi connectivity index (χ1v) is 5.88. The SMILES string of the molecule is CC(=O)Nc1cccc(-c2cc(C(=O)O)ccc2F)c1. The summed E-state index contributed by atoms with van der Waals surface area (Å²) in [7, 11) is 0. The fraction of sp³-hybridized carbons (Fsp3) is 0.0667. The van der Waals surface area contributed by atoms with Crippen LogP contribution in [0.15, 0.2) is 42.5 Å². The Labute approximate surface area is 114 Å². The first kappa shape index (κ1) is 13.7. The summed E-state index contributed by atoms with van der Waals surface area (Å²) < 4.78 is 13.8. The van der Waals surface area contributed by atoms with Crippen molar-refractivity contribution in [3.05, 3.63) is 53.8 Å². The van der Waals surface area contributed by atoms with Gasteiger partial charge in [0.05, 0.1) is 5.56 Å². The van der Waals surface area contributed by atoms with Gasteiger partial charge in [0, 0.05) is 18.2 Å². The normalized spacial score (nSPS) is 10.1. The maximum atomic E-state index is 13.8. The minimum absolute atomic E-state index is 0.00586. The third-order valence-corrected chi connectivity index (χ3v) is 2.71. The molecule has 2 aromatic rings. The fourth-order valence-corrected chi connectivity index (χ4v) is 1.85. The van der Waals surface area contributed by atoms with Crippen molar-refractivity contribution in [2.24, 2.45) is 0 Å². The molecule has 0 heterocycles. The molecule has 0 aromatic heterocycles. The molecule has 0 aliphatic rings. The molecule has 2 N–H and O–H groups in total. The molecule has 0 fully saturated rings. The van der Waals surface area contributed by atoms with Crippen molar-refractivity contribution in [2.45, 2.75) is 6.92 Å². The second kappa shape index (κ2) is 5.52.